The van der Waals surface area contributed by atoms with Crippen LogP contribution in [0.2, 0.25) is 0 Å². The van der Waals surface area contributed by atoms with Crippen LogP contribution >= 0.6 is 15.9 Å². The van der Waals surface area contributed by atoms with Crippen molar-refractivity contribution in [2.75, 3.05) is 15.6 Å². The van der Waals surface area contributed by atoms with Gasteiger partial charge >= 0.3 is 0 Å². The molecule has 0 N–H and O–H groups in total. The van der Waals surface area contributed by atoms with E-state index in [2.05, 4.69) is 15.9 Å². The molecule has 0 aliphatic carbocycles. The van der Waals surface area contributed by atoms with Crippen molar-refractivity contribution in [1.29, 1.82) is 0 Å². The van der Waals surface area contributed by atoms with Gasteiger partial charge in [0.1, 0.15) is 5.75 Å². The van der Waals surface area contributed by atoms with E-state index in [4.69, 9.17) is 0 Å². The number of fused-ring (bicyclic) bond motifs is 2. The van der Waals surface area contributed by atoms with Gasteiger partial charge in [-0.1, -0.05) is 64.5 Å². The highest BCUT2D eigenvalue weighted by Gasteiger charge is 2.69. The maximum Gasteiger partial charge on any atom is 0.274 e. The van der Waals surface area contributed by atoms with Gasteiger partial charge in [-0.05, 0) is 35.9 Å². The van der Waals surface area contributed by atoms with Gasteiger partial charge in [0, 0.05) is 15.7 Å². The third kappa shape index (κ3) is 2.78. The highest BCUT2D eigenvalue weighted by Crippen LogP contribution is 2.52. The summed E-state index contributed by atoms with van der Waals surface area (Å²) in [5, 5.41) is 0. The minimum absolute atomic E-state index is 0.205. The summed E-state index contributed by atoms with van der Waals surface area (Å²) in [6.07, 6.45) is 0. The Labute approximate surface area is 188 Å². The molecular weight excluding hydrogens is 480 g/mol. The lowest BCUT2D eigenvalue weighted by atomic mass is 10.0. The van der Waals surface area contributed by atoms with Gasteiger partial charge in [-0.15, -0.1) is 0 Å². The standard InChI is InChI=1S/C23H17BrN2O4S/c24-17-10-12-18(13-11-17)26-21(27)15-31(29,30)23(26)19-8-4-5-9-20(19)25(22(23)28)14-16-6-2-1-3-7-16/h1-13H,14-15H2. The lowest BCUT2D eigenvalue weighted by molar-refractivity contribution is -0.123. The van der Waals surface area contributed by atoms with Gasteiger partial charge in [-0.25, -0.2) is 8.42 Å². The van der Waals surface area contributed by atoms with E-state index >= 15 is 0 Å². The molecule has 0 radical (unpaired) electrons. The van der Waals surface area contributed by atoms with E-state index in [-0.39, 0.29) is 6.54 Å². The van der Waals surface area contributed by atoms with E-state index in [1.807, 2.05) is 30.3 Å². The molecule has 2 heterocycles. The van der Waals surface area contributed by atoms with Crippen LogP contribution in [-0.4, -0.2) is 26.0 Å². The fourth-order valence-electron chi connectivity index (χ4n) is 4.40. The third-order valence-electron chi connectivity index (χ3n) is 5.69. The Balaban J connectivity index is 1.75. The third-order valence-corrected chi connectivity index (χ3v) is 8.32. The summed E-state index contributed by atoms with van der Waals surface area (Å²) in [5.74, 6) is -1.97. The lowest BCUT2D eigenvalue weighted by Gasteiger charge is -2.32. The minimum atomic E-state index is -4.16. The molecule has 0 saturated carbocycles. The molecule has 1 fully saturated rings. The first-order valence-corrected chi connectivity index (χ1v) is 12.1. The van der Waals surface area contributed by atoms with E-state index in [1.54, 1.807) is 48.5 Å². The highest BCUT2D eigenvalue weighted by atomic mass is 79.9. The Kier molecular flexibility index (Phi) is 4.53. The normalized spacial score (nSPS) is 21.7. The topological polar surface area (TPSA) is 74.8 Å². The number of para-hydroxylation sites is 1. The van der Waals surface area contributed by atoms with Crippen molar-refractivity contribution in [2.24, 2.45) is 0 Å². The van der Waals surface area contributed by atoms with Gasteiger partial charge in [-0.2, -0.15) is 0 Å². The Morgan fingerprint density at radius 1 is 0.871 bits per heavy atom. The van der Waals surface area contributed by atoms with Crippen LogP contribution in [0.1, 0.15) is 11.1 Å². The summed E-state index contributed by atoms with van der Waals surface area (Å²) >= 11 is 3.35. The Bertz CT molecular complexity index is 1310. The second kappa shape index (κ2) is 7.03. The lowest BCUT2D eigenvalue weighted by Crippen LogP contribution is -2.54. The summed E-state index contributed by atoms with van der Waals surface area (Å²) in [5.41, 5.74) is 2.03. The molecule has 8 heteroatoms. The largest absolute Gasteiger partial charge is 0.304 e. The summed E-state index contributed by atoms with van der Waals surface area (Å²) in [4.78, 5) is 27.5. The van der Waals surface area contributed by atoms with E-state index in [1.165, 1.54) is 4.90 Å². The van der Waals surface area contributed by atoms with Crippen molar-refractivity contribution < 1.29 is 18.0 Å². The molecule has 2 aliphatic rings. The SMILES string of the molecule is O=C1CS(=O)(=O)C2(C(=O)N(Cc3ccccc3)c3ccccc32)N1c1ccc(Br)cc1. The van der Waals surface area contributed by atoms with E-state index in [0.29, 0.717) is 16.9 Å². The number of benzene rings is 3. The number of amides is 2. The summed E-state index contributed by atoms with van der Waals surface area (Å²) in [6.45, 7) is 0.205. The number of sulfone groups is 1. The van der Waals surface area contributed by atoms with Crippen LogP contribution < -0.4 is 9.80 Å². The van der Waals surface area contributed by atoms with Crippen molar-refractivity contribution >= 4 is 49.0 Å². The Morgan fingerprint density at radius 2 is 1.52 bits per heavy atom. The van der Waals surface area contributed by atoms with Crippen molar-refractivity contribution in [3.63, 3.8) is 0 Å². The van der Waals surface area contributed by atoms with E-state index in [0.717, 1.165) is 14.9 Å². The molecule has 6 nitrogen and oxygen atoms in total. The van der Waals surface area contributed by atoms with E-state index in [9.17, 15) is 18.0 Å². The van der Waals surface area contributed by atoms with Crippen LogP contribution in [0.15, 0.2) is 83.3 Å². The average Bonchev–Trinajstić information content (AvgIpc) is 3.13. The van der Waals surface area contributed by atoms with Gasteiger partial charge in [0.05, 0.1) is 12.2 Å². The quantitative estimate of drug-likeness (QED) is 0.554. The second-order valence-corrected chi connectivity index (χ2v) is 10.5. The molecule has 1 saturated heterocycles. The maximum absolute atomic E-state index is 13.9. The number of hydrogen-bond acceptors (Lipinski definition) is 4. The number of halogens is 1. The fraction of sp³-hybridized carbons (Fsp3) is 0.130. The van der Waals surface area contributed by atoms with Gasteiger partial charge in [0.15, 0.2) is 9.84 Å². The Hall–Kier alpha value is -2.97. The predicted octanol–water partition coefficient (Wildman–Crippen LogP) is 3.61. The molecule has 156 valence electrons. The zero-order valence-electron chi connectivity index (χ0n) is 16.2. The average molecular weight is 497 g/mol. The molecule has 0 bridgehead atoms. The van der Waals surface area contributed by atoms with Crippen molar-refractivity contribution in [3.05, 3.63) is 94.5 Å². The van der Waals surface area contributed by atoms with Crippen molar-refractivity contribution in [1.82, 2.24) is 0 Å². The number of hydrogen-bond donors (Lipinski definition) is 0. The Morgan fingerprint density at radius 3 is 2.23 bits per heavy atom. The zero-order chi connectivity index (χ0) is 21.8. The first-order chi connectivity index (χ1) is 14.9. The summed E-state index contributed by atoms with van der Waals surface area (Å²) in [7, 11) is -4.16. The van der Waals surface area contributed by atoms with Gasteiger partial charge < -0.3 is 4.90 Å². The number of nitrogens with zero attached hydrogens (tertiary/aromatic N) is 2. The first-order valence-electron chi connectivity index (χ1n) is 9.62. The van der Waals surface area contributed by atoms with Crippen LogP contribution in [0.25, 0.3) is 0 Å². The molecule has 1 unspecified atom stereocenters. The molecular formula is C23H17BrN2O4S. The molecule has 3 aromatic rings. The monoisotopic (exact) mass is 496 g/mol. The van der Waals surface area contributed by atoms with Crippen LogP contribution in [0.3, 0.4) is 0 Å². The van der Waals surface area contributed by atoms with Gasteiger partial charge in [-0.3, -0.25) is 14.5 Å². The second-order valence-electron chi connectivity index (χ2n) is 7.50. The van der Waals surface area contributed by atoms with Crippen LogP contribution in [0.4, 0.5) is 11.4 Å². The first kappa shape index (κ1) is 20.0. The van der Waals surface area contributed by atoms with Crippen molar-refractivity contribution in [2.45, 2.75) is 11.4 Å². The molecule has 0 aromatic heterocycles. The number of anilines is 2. The number of carbonyl (C=O) groups excluding carboxylic acids is 2. The molecule has 5 rings (SSSR count). The van der Waals surface area contributed by atoms with Crippen LogP contribution in [0.5, 0.6) is 0 Å². The summed E-state index contributed by atoms with van der Waals surface area (Å²) < 4.78 is 27.8. The fourth-order valence-corrected chi connectivity index (χ4v) is 6.70. The van der Waals surface area contributed by atoms with Gasteiger partial charge in [0.2, 0.25) is 5.91 Å². The molecule has 3 aromatic carbocycles. The minimum Gasteiger partial charge on any atom is -0.304 e. The number of carbonyl (C=O) groups is 2. The summed E-state index contributed by atoms with van der Waals surface area (Å²) in [6, 6.07) is 22.9. The highest BCUT2D eigenvalue weighted by molar-refractivity contribution is 9.10. The molecule has 2 amide bonds. The maximum atomic E-state index is 13.9. The predicted molar refractivity (Wildman–Crippen MR) is 121 cm³/mol. The van der Waals surface area contributed by atoms with Gasteiger partial charge in [0.25, 0.3) is 10.8 Å². The van der Waals surface area contributed by atoms with Crippen LogP contribution in [0, 0.1) is 0 Å². The number of rotatable bonds is 3. The molecule has 1 atom stereocenters. The molecule has 1 spiro atoms. The van der Waals surface area contributed by atoms with Crippen molar-refractivity contribution in [3.8, 4) is 0 Å². The smallest absolute Gasteiger partial charge is 0.274 e. The molecule has 31 heavy (non-hydrogen) atoms. The molecule has 2 aliphatic heterocycles. The van der Waals surface area contributed by atoms with Crippen LogP contribution in [-0.2, 0) is 30.8 Å². The van der Waals surface area contributed by atoms with E-state index < -0.39 is 32.3 Å². The zero-order valence-corrected chi connectivity index (χ0v) is 18.6.